The van der Waals surface area contributed by atoms with Crippen LogP contribution in [0.3, 0.4) is 0 Å². The quantitative estimate of drug-likeness (QED) is 0.784. The Morgan fingerprint density at radius 3 is 2.86 bits per heavy atom. The van der Waals surface area contributed by atoms with Crippen LogP contribution in [-0.4, -0.2) is 53.9 Å². The fourth-order valence-corrected chi connectivity index (χ4v) is 2.94. The van der Waals surface area contributed by atoms with E-state index in [0.717, 1.165) is 9.78 Å². The first-order chi connectivity index (χ1) is 10.1. The summed E-state index contributed by atoms with van der Waals surface area (Å²) in [6, 6.07) is 3.87. The number of nitrogens with zero attached hydrogens (tertiary/aromatic N) is 2. The van der Waals surface area contributed by atoms with Gasteiger partial charge in [0, 0.05) is 36.5 Å². The van der Waals surface area contributed by atoms with Crippen molar-refractivity contribution >= 4 is 35.3 Å². The Morgan fingerprint density at radius 2 is 2.24 bits per heavy atom. The number of ether oxygens (including phenoxy) is 1. The van der Waals surface area contributed by atoms with Gasteiger partial charge in [-0.15, -0.1) is 11.3 Å². The van der Waals surface area contributed by atoms with Gasteiger partial charge in [0.15, 0.2) is 6.61 Å². The van der Waals surface area contributed by atoms with Gasteiger partial charge in [-0.25, -0.2) is 9.69 Å². The highest BCUT2D eigenvalue weighted by Crippen LogP contribution is 2.20. The summed E-state index contributed by atoms with van der Waals surface area (Å²) in [5, 5.41) is 1.95. The van der Waals surface area contributed by atoms with E-state index in [-0.39, 0.29) is 24.3 Å². The predicted molar refractivity (Wildman–Crippen MR) is 76.5 cm³/mol. The van der Waals surface area contributed by atoms with Gasteiger partial charge in [0.1, 0.15) is 0 Å². The summed E-state index contributed by atoms with van der Waals surface area (Å²) in [5.74, 6) is -0.212. The number of hydrogen-bond acceptors (Lipinski definition) is 5. The Balaban J connectivity index is 1.46. The summed E-state index contributed by atoms with van der Waals surface area (Å²) in [6.07, 6.45) is 2.77. The molecule has 0 N–H and O–H groups in total. The SMILES string of the molecule is O=C(/C=C/c1cccs1)N1CC(CN2C(=O)COC2=O)C1. The molecule has 3 rings (SSSR count). The summed E-state index contributed by atoms with van der Waals surface area (Å²) < 4.78 is 4.65. The lowest BCUT2D eigenvalue weighted by molar-refractivity contribution is -0.133. The maximum Gasteiger partial charge on any atom is 0.417 e. The molecule has 0 spiro atoms. The Bertz CT molecular complexity index is 574. The second-order valence-electron chi connectivity index (χ2n) is 5.02. The molecule has 0 unspecified atom stereocenters. The van der Waals surface area contributed by atoms with Crippen molar-refractivity contribution in [1.29, 1.82) is 0 Å². The van der Waals surface area contributed by atoms with Crippen LogP contribution in [0.15, 0.2) is 23.6 Å². The van der Waals surface area contributed by atoms with Crippen molar-refractivity contribution in [3.05, 3.63) is 28.5 Å². The molecule has 0 radical (unpaired) electrons. The second-order valence-corrected chi connectivity index (χ2v) is 6.00. The van der Waals surface area contributed by atoms with E-state index in [2.05, 4.69) is 4.74 Å². The molecule has 3 heterocycles. The van der Waals surface area contributed by atoms with Crippen LogP contribution < -0.4 is 0 Å². The molecule has 0 bridgehead atoms. The lowest BCUT2D eigenvalue weighted by Gasteiger charge is -2.39. The minimum atomic E-state index is -0.581. The normalized spacial score (nSPS) is 19.2. The lowest BCUT2D eigenvalue weighted by atomic mass is 9.99. The standard InChI is InChI=1S/C14H14N2O4S/c17-12(4-3-11-2-1-5-21-11)15-6-10(7-15)8-16-13(18)9-20-14(16)19/h1-5,10H,6-9H2/b4-3+. The average Bonchev–Trinajstić information content (AvgIpc) is 3.03. The van der Waals surface area contributed by atoms with Crippen LogP contribution in [0.1, 0.15) is 4.88 Å². The van der Waals surface area contributed by atoms with Gasteiger partial charge in [0.05, 0.1) is 0 Å². The van der Waals surface area contributed by atoms with E-state index >= 15 is 0 Å². The zero-order valence-electron chi connectivity index (χ0n) is 11.2. The summed E-state index contributed by atoms with van der Waals surface area (Å²) in [5.41, 5.74) is 0. The molecule has 2 aliphatic heterocycles. The fourth-order valence-electron chi connectivity index (χ4n) is 2.33. The Kier molecular flexibility index (Phi) is 3.74. The van der Waals surface area contributed by atoms with Crippen LogP contribution in [0.2, 0.25) is 0 Å². The first-order valence-corrected chi connectivity index (χ1v) is 7.49. The minimum Gasteiger partial charge on any atom is -0.439 e. The zero-order valence-corrected chi connectivity index (χ0v) is 12.0. The number of rotatable bonds is 4. The highest BCUT2D eigenvalue weighted by molar-refractivity contribution is 7.10. The van der Waals surface area contributed by atoms with Gasteiger partial charge in [-0.3, -0.25) is 9.59 Å². The molecule has 110 valence electrons. The first kappa shape index (κ1) is 13.8. The third kappa shape index (κ3) is 2.97. The molecule has 2 fully saturated rings. The molecule has 0 aliphatic carbocycles. The molecule has 6 nitrogen and oxygen atoms in total. The van der Waals surface area contributed by atoms with E-state index in [9.17, 15) is 14.4 Å². The topological polar surface area (TPSA) is 66.9 Å². The van der Waals surface area contributed by atoms with Crippen molar-refractivity contribution < 1.29 is 19.1 Å². The molecule has 1 aromatic rings. The fraction of sp³-hybridized carbons (Fsp3) is 0.357. The number of thiophene rings is 1. The Hall–Kier alpha value is -2.15. The number of carbonyl (C=O) groups excluding carboxylic acids is 3. The minimum absolute atomic E-state index is 0.0463. The third-order valence-electron chi connectivity index (χ3n) is 3.48. The molecule has 2 saturated heterocycles. The van der Waals surface area contributed by atoms with E-state index < -0.39 is 6.09 Å². The van der Waals surface area contributed by atoms with Crippen molar-refractivity contribution in [2.75, 3.05) is 26.2 Å². The van der Waals surface area contributed by atoms with Crippen molar-refractivity contribution in [3.63, 3.8) is 0 Å². The number of carbonyl (C=O) groups is 3. The predicted octanol–water partition coefficient (Wildman–Crippen LogP) is 1.20. The van der Waals surface area contributed by atoms with E-state index in [0.29, 0.717) is 19.6 Å². The number of hydrogen-bond donors (Lipinski definition) is 0. The highest BCUT2D eigenvalue weighted by Gasteiger charge is 2.37. The van der Waals surface area contributed by atoms with E-state index in [1.807, 2.05) is 17.5 Å². The number of imide groups is 1. The van der Waals surface area contributed by atoms with Gasteiger partial charge >= 0.3 is 6.09 Å². The molecular weight excluding hydrogens is 292 g/mol. The largest absolute Gasteiger partial charge is 0.439 e. The van der Waals surface area contributed by atoms with Crippen LogP contribution in [0.5, 0.6) is 0 Å². The zero-order chi connectivity index (χ0) is 14.8. The molecule has 1 aromatic heterocycles. The molecule has 3 amide bonds. The monoisotopic (exact) mass is 306 g/mol. The van der Waals surface area contributed by atoms with Gasteiger partial charge in [0.2, 0.25) is 5.91 Å². The molecule has 0 aromatic carbocycles. The van der Waals surface area contributed by atoms with Gasteiger partial charge in [0.25, 0.3) is 5.91 Å². The first-order valence-electron chi connectivity index (χ1n) is 6.61. The second kappa shape index (κ2) is 5.69. The Labute approximate surface area is 125 Å². The van der Waals surface area contributed by atoms with Crippen LogP contribution >= 0.6 is 11.3 Å². The van der Waals surface area contributed by atoms with Crippen molar-refractivity contribution in [1.82, 2.24) is 9.80 Å². The molecular formula is C14H14N2O4S. The van der Waals surface area contributed by atoms with E-state index in [4.69, 9.17) is 0 Å². The summed E-state index contributed by atoms with van der Waals surface area (Å²) in [6.45, 7) is 1.28. The van der Waals surface area contributed by atoms with Gasteiger partial charge in [-0.2, -0.15) is 0 Å². The van der Waals surface area contributed by atoms with E-state index in [1.54, 1.807) is 28.4 Å². The van der Waals surface area contributed by atoms with Gasteiger partial charge < -0.3 is 9.64 Å². The number of likely N-dealkylation sites (tertiary alicyclic amines) is 1. The van der Waals surface area contributed by atoms with Crippen molar-refractivity contribution in [3.8, 4) is 0 Å². The highest BCUT2D eigenvalue weighted by atomic mass is 32.1. The Morgan fingerprint density at radius 1 is 1.43 bits per heavy atom. The van der Waals surface area contributed by atoms with Gasteiger partial charge in [-0.05, 0) is 17.5 Å². The lowest BCUT2D eigenvalue weighted by Crippen LogP contribution is -2.54. The molecule has 2 aliphatic rings. The van der Waals surface area contributed by atoms with Crippen LogP contribution in [0, 0.1) is 5.92 Å². The maximum atomic E-state index is 11.9. The summed E-state index contributed by atoms with van der Waals surface area (Å²) in [7, 11) is 0. The van der Waals surface area contributed by atoms with Crippen LogP contribution in [-0.2, 0) is 14.3 Å². The third-order valence-corrected chi connectivity index (χ3v) is 4.32. The smallest absolute Gasteiger partial charge is 0.417 e. The molecule has 21 heavy (non-hydrogen) atoms. The van der Waals surface area contributed by atoms with Crippen LogP contribution in [0.25, 0.3) is 6.08 Å². The summed E-state index contributed by atoms with van der Waals surface area (Å²) in [4.78, 5) is 38.5. The average molecular weight is 306 g/mol. The summed E-state index contributed by atoms with van der Waals surface area (Å²) >= 11 is 1.57. The number of amides is 3. The molecule has 0 atom stereocenters. The van der Waals surface area contributed by atoms with E-state index in [1.165, 1.54) is 0 Å². The molecule has 0 saturated carbocycles. The number of cyclic esters (lactones) is 1. The van der Waals surface area contributed by atoms with Crippen molar-refractivity contribution in [2.45, 2.75) is 0 Å². The molecule has 7 heteroatoms. The van der Waals surface area contributed by atoms with Gasteiger partial charge in [-0.1, -0.05) is 6.07 Å². The van der Waals surface area contributed by atoms with Crippen molar-refractivity contribution in [2.24, 2.45) is 5.92 Å². The maximum absolute atomic E-state index is 11.9. The van der Waals surface area contributed by atoms with Crippen LogP contribution in [0.4, 0.5) is 4.79 Å².